The summed E-state index contributed by atoms with van der Waals surface area (Å²) in [4.78, 5) is 26.1. The third kappa shape index (κ3) is 44.4. The van der Waals surface area contributed by atoms with Gasteiger partial charge < -0.3 is 20.3 Å². The molecule has 6 heteroatoms. The van der Waals surface area contributed by atoms with Crippen molar-refractivity contribution in [1.29, 1.82) is 0 Å². The zero-order valence-electron chi connectivity index (χ0n) is 41.3. The molecule has 3 atom stereocenters. The number of unbranched alkanes of at least 4 members (excludes halogenated alkanes) is 28. The summed E-state index contributed by atoms with van der Waals surface area (Å²) in [7, 11) is 0. The molecule has 0 aromatic heterocycles. The molecule has 0 aromatic carbocycles. The Morgan fingerprint density at radius 2 is 0.871 bits per heavy atom. The van der Waals surface area contributed by atoms with Crippen LogP contribution in [0.4, 0.5) is 0 Å². The van der Waals surface area contributed by atoms with E-state index in [-0.39, 0.29) is 24.9 Å². The molecule has 0 aliphatic heterocycles. The predicted octanol–water partition coefficient (Wildman–Crippen LogP) is 16.2. The van der Waals surface area contributed by atoms with Crippen LogP contribution in [0.5, 0.6) is 0 Å². The number of aliphatic hydroxyl groups excluding tert-OH is 2. The summed E-state index contributed by atoms with van der Waals surface area (Å²) in [6, 6.07) is -0.715. The molecule has 0 saturated carbocycles. The quantitative estimate of drug-likeness (QED) is 0.0322. The normalized spacial score (nSPS) is 13.6. The molecule has 0 aliphatic rings. The minimum absolute atomic E-state index is 0.0491. The first-order valence-corrected chi connectivity index (χ1v) is 26.9. The maximum Gasteiger partial charge on any atom is 0.306 e. The lowest BCUT2D eigenvalue weighted by atomic mass is 10.0. The van der Waals surface area contributed by atoms with E-state index in [1.165, 1.54) is 141 Å². The Kier molecular flexibility index (Phi) is 48.1. The molecule has 0 spiro atoms. The van der Waals surface area contributed by atoms with E-state index in [1.54, 1.807) is 0 Å². The van der Waals surface area contributed by atoms with E-state index in [1.807, 2.05) is 0 Å². The van der Waals surface area contributed by atoms with Crippen molar-refractivity contribution in [2.45, 2.75) is 289 Å². The predicted molar refractivity (Wildman–Crippen MR) is 269 cm³/mol. The van der Waals surface area contributed by atoms with Gasteiger partial charge in [-0.05, 0) is 83.5 Å². The minimum atomic E-state index is -0.798. The molecule has 0 fully saturated rings. The third-order valence-corrected chi connectivity index (χ3v) is 12.1. The third-order valence-electron chi connectivity index (χ3n) is 12.1. The van der Waals surface area contributed by atoms with Crippen LogP contribution in [0.15, 0.2) is 48.6 Å². The highest BCUT2D eigenvalue weighted by Crippen LogP contribution is 2.17. The van der Waals surface area contributed by atoms with Crippen molar-refractivity contribution in [3.8, 4) is 0 Å². The second kappa shape index (κ2) is 49.8. The molecule has 3 unspecified atom stereocenters. The van der Waals surface area contributed by atoms with Gasteiger partial charge in [0, 0.05) is 6.42 Å². The summed E-state index contributed by atoms with van der Waals surface area (Å²) in [6.07, 6.45) is 60.4. The summed E-state index contributed by atoms with van der Waals surface area (Å²) < 4.78 is 5.92. The lowest BCUT2D eigenvalue weighted by Crippen LogP contribution is -2.46. The Balaban J connectivity index is 4.56. The first kappa shape index (κ1) is 59.8. The summed E-state index contributed by atoms with van der Waals surface area (Å²) in [5.74, 6) is -0.516. The van der Waals surface area contributed by atoms with Gasteiger partial charge in [-0.1, -0.05) is 223 Å². The number of carbonyl (C=O) groups is 2. The number of carbonyl (C=O) groups excluding carboxylic acids is 2. The Hall–Kier alpha value is -2.18. The number of allylic oxidation sites excluding steroid dienone is 8. The maximum atomic E-state index is 13.2. The number of esters is 1. The topological polar surface area (TPSA) is 95.9 Å². The number of amides is 1. The van der Waals surface area contributed by atoms with Crippen molar-refractivity contribution < 1.29 is 24.5 Å². The Morgan fingerprint density at radius 1 is 0.484 bits per heavy atom. The van der Waals surface area contributed by atoms with E-state index < -0.39 is 18.2 Å². The number of ether oxygens (including phenoxy) is 1. The number of hydrogen-bond acceptors (Lipinski definition) is 5. The van der Waals surface area contributed by atoms with Gasteiger partial charge in [-0.15, -0.1) is 0 Å². The smallest absolute Gasteiger partial charge is 0.306 e. The lowest BCUT2D eigenvalue weighted by molar-refractivity contribution is -0.151. The SMILES string of the molecule is CC/C=C/C/C=C/C/C=C/CCCCC(CC(=O)NC(CO)C(O)CCCCCCCCCCCCCCC)OC(=O)CCCCCCC/C=C/CCCCCCCCCCC. The fourth-order valence-electron chi connectivity index (χ4n) is 8.09. The number of rotatable bonds is 48. The van der Waals surface area contributed by atoms with Crippen molar-refractivity contribution in [2.75, 3.05) is 6.61 Å². The van der Waals surface area contributed by atoms with Gasteiger partial charge in [-0.25, -0.2) is 0 Å². The van der Waals surface area contributed by atoms with Crippen LogP contribution in [0.1, 0.15) is 271 Å². The zero-order chi connectivity index (χ0) is 45.2. The van der Waals surface area contributed by atoms with Crippen molar-refractivity contribution in [3.05, 3.63) is 48.6 Å². The van der Waals surface area contributed by atoms with Gasteiger partial charge in [0.05, 0.1) is 25.2 Å². The van der Waals surface area contributed by atoms with Crippen LogP contribution >= 0.6 is 0 Å². The molecule has 62 heavy (non-hydrogen) atoms. The molecule has 0 radical (unpaired) electrons. The zero-order valence-corrected chi connectivity index (χ0v) is 41.3. The molecule has 0 rings (SSSR count). The van der Waals surface area contributed by atoms with Gasteiger partial charge in [0.15, 0.2) is 0 Å². The molecule has 0 aromatic rings. The standard InChI is InChI=1S/C56H103NO5/c1-4-7-10-13-16-19-22-25-26-27-28-29-31-34-37-40-43-46-49-56(61)62-52(47-44-41-38-35-32-24-21-18-15-12-9-6-3)50-55(60)57-53(51-58)54(59)48-45-42-39-36-33-30-23-20-17-14-11-8-5-2/h9,12,18,21,28-29,32,35,52-54,58-59H,4-8,10-11,13-17,19-20,22-27,30-31,33-34,36-51H2,1-3H3,(H,57,60)/b12-9+,21-18+,29-28+,35-32+. The highest BCUT2D eigenvalue weighted by atomic mass is 16.5. The molecular weight excluding hydrogens is 767 g/mol. The van der Waals surface area contributed by atoms with Gasteiger partial charge >= 0.3 is 5.97 Å². The Morgan fingerprint density at radius 3 is 1.35 bits per heavy atom. The molecule has 1 amide bonds. The van der Waals surface area contributed by atoms with Gasteiger partial charge in [0.2, 0.25) is 5.91 Å². The number of aliphatic hydroxyl groups is 2. The Bertz CT molecular complexity index is 1070. The molecule has 3 N–H and O–H groups in total. The van der Waals surface area contributed by atoms with Crippen molar-refractivity contribution in [1.82, 2.24) is 5.32 Å². The highest BCUT2D eigenvalue weighted by molar-refractivity contribution is 5.77. The van der Waals surface area contributed by atoms with Crippen LogP contribution in [0.25, 0.3) is 0 Å². The first-order valence-electron chi connectivity index (χ1n) is 26.9. The van der Waals surface area contributed by atoms with Crippen LogP contribution in [-0.4, -0.2) is 46.9 Å². The molecule has 0 bridgehead atoms. The molecular formula is C56H103NO5. The van der Waals surface area contributed by atoms with E-state index in [2.05, 4.69) is 74.7 Å². The van der Waals surface area contributed by atoms with Crippen LogP contribution < -0.4 is 5.32 Å². The summed E-state index contributed by atoms with van der Waals surface area (Å²) >= 11 is 0. The van der Waals surface area contributed by atoms with Crippen molar-refractivity contribution in [3.63, 3.8) is 0 Å². The van der Waals surface area contributed by atoms with Crippen LogP contribution in [-0.2, 0) is 14.3 Å². The fourth-order valence-corrected chi connectivity index (χ4v) is 8.09. The van der Waals surface area contributed by atoms with Crippen molar-refractivity contribution >= 4 is 11.9 Å². The van der Waals surface area contributed by atoms with Crippen molar-refractivity contribution in [2.24, 2.45) is 0 Å². The molecule has 0 heterocycles. The highest BCUT2D eigenvalue weighted by Gasteiger charge is 2.24. The summed E-state index contributed by atoms with van der Waals surface area (Å²) in [6.45, 7) is 6.37. The number of nitrogens with one attached hydrogen (secondary N) is 1. The van der Waals surface area contributed by atoms with E-state index in [0.29, 0.717) is 19.3 Å². The maximum absolute atomic E-state index is 13.2. The lowest BCUT2D eigenvalue weighted by Gasteiger charge is -2.24. The molecule has 0 saturated heterocycles. The average molecular weight is 870 g/mol. The van der Waals surface area contributed by atoms with Crippen LogP contribution in [0.2, 0.25) is 0 Å². The fraction of sp³-hybridized carbons (Fsp3) is 0.821. The Labute approximate surface area is 385 Å². The van der Waals surface area contributed by atoms with Crippen LogP contribution in [0, 0.1) is 0 Å². The van der Waals surface area contributed by atoms with Gasteiger partial charge in [0.25, 0.3) is 0 Å². The molecule has 0 aliphatic carbocycles. The van der Waals surface area contributed by atoms with E-state index in [0.717, 1.165) is 83.5 Å². The summed E-state index contributed by atoms with van der Waals surface area (Å²) in [5.41, 5.74) is 0. The van der Waals surface area contributed by atoms with Gasteiger partial charge in [-0.3, -0.25) is 9.59 Å². The van der Waals surface area contributed by atoms with E-state index in [4.69, 9.17) is 4.74 Å². The van der Waals surface area contributed by atoms with Gasteiger partial charge in [-0.2, -0.15) is 0 Å². The monoisotopic (exact) mass is 870 g/mol. The first-order chi connectivity index (χ1) is 30.5. The number of hydrogen-bond donors (Lipinski definition) is 3. The molecule has 362 valence electrons. The van der Waals surface area contributed by atoms with E-state index >= 15 is 0 Å². The summed E-state index contributed by atoms with van der Waals surface area (Å²) in [5, 5.41) is 23.8. The largest absolute Gasteiger partial charge is 0.462 e. The van der Waals surface area contributed by atoms with Gasteiger partial charge in [0.1, 0.15) is 6.10 Å². The second-order valence-electron chi connectivity index (χ2n) is 18.2. The van der Waals surface area contributed by atoms with Crippen LogP contribution in [0.3, 0.4) is 0 Å². The average Bonchev–Trinajstić information content (AvgIpc) is 3.26. The second-order valence-corrected chi connectivity index (χ2v) is 18.2. The molecule has 6 nitrogen and oxygen atoms in total. The van der Waals surface area contributed by atoms with E-state index in [9.17, 15) is 19.8 Å². The minimum Gasteiger partial charge on any atom is -0.462 e.